The van der Waals surface area contributed by atoms with Crippen molar-refractivity contribution in [1.29, 1.82) is 0 Å². The maximum absolute atomic E-state index is 12.3. The zero-order valence-corrected chi connectivity index (χ0v) is 10.3. The molecule has 90 valence electrons. The number of nitrogens with two attached hydrogens (primary N) is 1. The summed E-state index contributed by atoms with van der Waals surface area (Å²) >= 11 is 1.18. The maximum Gasteiger partial charge on any atom is 0.203 e. The molecule has 3 N–H and O–H groups in total. The quantitative estimate of drug-likeness (QED) is 0.687. The summed E-state index contributed by atoms with van der Waals surface area (Å²) in [7, 11) is 0. The summed E-state index contributed by atoms with van der Waals surface area (Å²) in [4.78, 5) is 19.5. The van der Waals surface area contributed by atoms with E-state index in [4.69, 9.17) is 5.73 Å². The Balaban J connectivity index is 2.30. The van der Waals surface area contributed by atoms with Gasteiger partial charge in [-0.2, -0.15) is 0 Å². The largest absolute Gasteiger partial charge is 0.374 e. The highest BCUT2D eigenvalue weighted by atomic mass is 32.1. The molecule has 0 atom stereocenters. The van der Waals surface area contributed by atoms with Crippen LogP contribution < -0.4 is 11.2 Å². The molecule has 0 aromatic carbocycles. The number of hydrogen-bond acceptors (Lipinski definition) is 6. The van der Waals surface area contributed by atoms with Crippen LogP contribution in [0.1, 0.15) is 5.69 Å². The lowest BCUT2D eigenvalue weighted by atomic mass is 10.2. The van der Waals surface area contributed by atoms with E-state index in [0.717, 1.165) is 5.69 Å². The number of nitrogen functional groups attached to an aromatic ring is 1. The van der Waals surface area contributed by atoms with E-state index < -0.39 is 0 Å². The number of aryl methyl sites for hydroxylation is 1. The van der Waals surface area contributed by atoms with Crippen molar-refractivity contribution in [3.05, 3.63) is 34.2 Å². The number of pyridine rings is 2. The predicted octanol–water partition coefficient (Wildman–Crippen LogP) is 1.33. The molecule has 0 fully saturated rings. The third-order valence-electron chi connectivity index (χ3n) is 2.55. The number of H-pyrrole nitrogens is 1. The van der Waals surface area contributed by atoms with Crippen LogP contribution in [0.2, 0.25) is 0 Å². The van der Waals surface area contributed by atoms with Crippen LogP contribution in [0.3, 0.4) is 0 Å². The van der Waals surface area contributed by atoms with E-state index in [9.17, 15) is 4.79 Å². The van der Waals surface area contributed by atoms with Gasteiger partial charge < -0.3 is 10.7 Å². The van der Waals surface area contributed by atoms with Gasteiger partial charge in [-0.3, -0.25) is 4.79 Å². The Labute approximate surface area is 106 Å². The van der Waals surface area contributed by atoms with Gasteiger partial charge in [-0.1, -0.05) is 11.3 Å². The van der Waals surface area contributed by atoms with Gasteiger partial charge in [0, 0.05) is 11.9 Å². The van der Waals surface area contributed by atoms with E-state index in [0.29, 0.717) is 26.7 Å². The van der Waals surface area contributed by atoms with E-state index in [1.165, 1.54) is 11.3 Å². The molecule has 0 saturated carbocycles. The third-order valence-corrected chi connectivity index (χ3v) is 3.33. The van der Waals surface area contributed by atoms with E-state index in [-0.39, 0.29) is 5.43 Å². The third kappa shape index (κ3) is 1.65. The topological polar surface area (TPSA) is 97.5 Å². The van der Waals surface area contributed by atoms with Crippen molar-refractivity contribution >= 4 is 27.5 Å². The van der Waals surface area contributed by atoms with Gasteiger partial charge in [0.25, 0.3) is 0 Å². The lowest BCUT2D eigenvalue weighted by Gasteiger charge is -2.00. The molecule has 7 heteroatoms. The van der Waals surface area contributed by atoms with Crippen LogP contribution in [-0.4, -0.2) is 20.2 Å². The molecular weight excluding hydrogens is 250 g/mol. The summed E-state index contributed by atoms with van der Waals surface area (Å²) in [6, 6.07) is 3.56. The molecule has 0 unspecified atom stereocenters. The maximum atomic E-state index is 12.3. The van der Waals surface area contributed by atoms with E-state index >= 15 is 0 Å². The lowest BCUT2D eigenvalue weighted by Crippen LogP contribution is -2.07. The first kappa shape index (κ1) is 10.8. The minimum Gasteiger partial charge on any atom is -0.374 e. The van der Waals surface area contributed by atoms with Crippen LogP contribution in [0.4, 0.5) is 5.13 Å². The molecule has 3 aromatic heterocycles. The molecule has 0 aliphatic heterocycles. The highest BCUT2D eigenvalue weighted by molar-refractivity contribution is 7.18. The van der Waals surface area contributed by atoms with E-state index in [1.54, 1.807) is 18.3 Å². The summed E-state index contributed by atoms with van der Waals surface area (Å²) in [6.07, 6.45) is 1.59. The summed E-state index contributed by atoms with van der Waals surface area (Å²) < 4.78 is 0. The van der Waals surface area contributed by atoms with Crippen LogP contribution >= 0.6 is 11.3 Å². The van der Waals surface area contributed by atoms with Crippen molar-refractivity contribution in [1.82, 2.24) is 20.2 Å². The number of hydrogen-bond donors (Lipinski definition) is 2. The van der Waals surface area contributed by atoms with Crippen LogP contribution in [0, 0.1) is 6.92 Å². The second kappa shape index (κ2) is 3.88. The molecule has 0 aliphatic carbocycles. The van der Waals surface area contributed by atoms with Gasteiger partial charge in [0.1, 0.15) is 5.65 Å². The molecule has 6 nitrogen and oxygen atoms in total. The molecular formula is C11H9N5OS. The molecule has 0 aliphatic rings. The first-order valence-electron chi connectivity index (χ1n) is 5.23. The van der Waals surface area contributed by atoms with Crippen molar-refractivity contribution in [3.63, 3.8) is 0 Å². The molecule has 18 heavy (non-hydrogen) atoms. The molecule has 0 spiro atoms. The summed E-state index contributed by atoms with van der Waals surface area (Å²) in [6.45, 7) is 1.87. The molecule has 0 amide bonds. The van der Waals surface area contributed by atoms with Gasteiger partial charge in [-0.15, -0.1) is 10.2 Å². The fourth-order valence-corrected chi connectivity index (χ4v) is 2.33. The first-order chi connectivity index (χ1) is 8.65. The number of nitrogens with zero attached hydrogens (tertiary/aromatic N) is 3. The van der Waals surface area contributed by atoms with E-state index in [2.05, 4.69) is 20.2 Å². The summed E-state index contributed by atoms with van der Waals surface area (Å²) in [5, 5.41) is 8.96. The first-order valence-corrected chi connectivity index (χ1v) is 6.05. The SMILES string of the molecule is Cc1ccc2c(=O)c(-c3nnc(N)s3)c[nH]c2n1. The second-order valence-corrected chi connectivity index (χ2v) is 4.83. The number of rotatable bonds is 1. The monoisotopic (exact) mass is 259 g/mol. The van der Waals surface area contributed by atoms with Crippen molar-refractivity contribution in [3.8, 4) is 10.6 Å². The number of aromatic nitrogens is 4. The van der Waals surface area contributed by atoms with Crippen LogP contribution in [-0.2, 0) is 0 Å². The molecule has 3 heterocycles. The zero-order valence-electron chi connectivity index (χ0n) is 9.47. The van der Waals surface area contributed by atoms with Crippen molar-refractivity contribution in [2.75, 3.05) is 5.73 Å². The van der Waals surface area contributed by atoms with Crippen LogP contribution in [0.15, 0.2) is 23.1 Å². The van der Waals surface area contributed by atoms with Gasteiger partial charge in [0.05, 0.1) is 10.9 Å². The Hall–Kier alpha value is -2.28. The zero-order chi connectivity index (χ0) is 12.7. The predicted molar refractivity (Wildman–Crippen MR) is 70.4 cm³/mol. The fourth-order valence-electron chi connectivity index (χ4n) is 1.70. The Morgan fingerprint density at radius 3 is 2.89 bits per heavy atom. The summed E-state index contributed by atoms with van der Waals surface area (Å²) in [5.74, 6) is 0. The normalized spacial score (nSPS) is 10.9. The molecule has 0 bridgehead atoms. The number of aromatic amines is 1. The average Bonchev–Trinajstić information content (AvgIpc) is 2.76. The van der Waals surface area contributed by atoms with Gasteiger partial charge in [-0.25, -0.2) is 4.98 Å². The van der Waals surface area contributed by atoms with Crippen molar-refractivity contribution in [2.24, 2.45) is 0 Å². The highest BCUT2D eigenvalue weighted by Crippen LogP contribution is 2.22. The molecule has 3 rings (SSSR count). The summed E-state index contributed by atoms with van der Waals surface area (Å²) in [5.41, 5.74) is 7.28. The van der Waals surface area contributed by atoms with Gasteiger partial charge in [-0.05, 0) is 19.1 Å². The standard InChI is InChI=1S/C11H9N5OS/c1-5-2-3-6-8(17)7(4-13-9(6)14-5)10-15-16-11(12)18-10/h2-4H,1H3,(H2,12,16)(H,13,14,17). The molecule has 0 radical (unpaired) electrons. The van der Waals surface area contributed by atoms with Crippen LogP contribution in [0.5, 0.6) is 0 Å². The van der Waals surface area contributed by atoms with Crippen molar-refractivity contribution < 1.29 is 0 Å². The fraction of sp³-hybridized carbons (Fsp3) is 0.0909. The molecule has 3 aromatic rings. The Bertz CT molecular complexity index is 791. The smallest absolute Gasteiger partial charge is 0.203 e. The van der Waals surface area contributed by atoms with E-state index in [1.807, 2.05) is 6.92 Å². The Morgan fingerprint density at radius 2 is 2.17 bits per heavy atom. The van der Waals surface area contributed by atoms with Crippen LogP contribution in [0.25, 0.3) is 21.6 Å². The Kier molecular flexibility index (Phi) is 2.34. The highest BCUT2D eigenvalue weighted by Gasteiger charge is 2.12. The number of fused-ring (bicyclic) bond motifs is 1. The number of nitrogens with one attached hydrogen (secondary N) is 1. The van der Waals surface area contributed by atoms with Gasteiger partial charge in [0.15, 0.2) is 5.01 Å². The minimum atomic E-state index is -0.118. The van der Waals surface area contributed by atoms with Gasteiger partial charge in [0.2, 0.25) is 10.6 Å². The van der Waals surface area contributed by atoms with Gasteiger partial charge >= 0.3 is 0 Å². The second-order valence-electron chi connectivity index (χ2n) is 3.83. The minimum absolute atomic E-state index is 0.118. The average molecular weight is 259 g/mol. The van der Waals surface area contributed by atoms with Crippen molar-refractivity contribution in [2.45, 2.75) is 6.92 Å². The molecule has 0 saturated heterocycles. The number of anilines is 1. The Morgan fingerprint density at radius 1 is 1.33 bits per heavy atom. The lowest BCUT2D eigenvalue weighted by molar-refractivity contribution is 1.10.